The number of nitrogens with one attached hydrogen (secondary N) is 1. The SMILES string of the molecule is CC(NCc1ccc(OCCCc2c(Cl)cccc2Cl)cc1)C(N)=O.CS(=O)(=O)O. The Kier molecular flexibility index (Phi) is 11.1. The maximum atomic E-state index is 11.0. The highest BCUT2D eigenvalue weighted by atomic mass is 35.5. The highest BCUT2D eigenvalue weighted by molar-refractivity contribution is 7.85. The number of benzene rings is 2. The van der Waals surface area contributed by atoms with Crippen molar-refractivity contribution in [3.05, 3.63) is 63.6 Å². The minimum atomic E-state index is -3.67. The van der Waals surface area contributed by atoms with Gasteiger partial charge in [-0.1, -0.05) is 41.4 Å². The van der Waals surface area contributed by atoms with Crippen LogP contribution in [0.15, 0.2) is 42.5 Å². The first-order valence-electron chi connectivity index (χ1n) is 9.07. The lowest BCUT2D eigenvalue weighted by Crippen LogP contribution is -2.38. The smallest absolute Gasteiger partial charge is 0.261 e. The molecule has 2 aromatic rings. The molecule has 0 saturated heterocycles. The molecule has 1 unspecified atom stereocenters. The van der Waals surface area contributed by atoms with Crippen LogP contribution >= 0.6 is 23.2 Å². The van der Waals surface area contributed by atoms with Gasteiger partial charge in [0, 0.05) is 16.6 Å². The Labute approximate surface area is 187 Å². The molecule has 166 valence electrons. The standard InChI is InChI=1S/C19H22Cl2N2O2.CH4O3S/c1-13(19(22)24)23-12-14-7-9-15(10-8-14)25-11-3-4-16-17(20)5-2-6-18(16)21;1-5(2,3)4/h2,5-10,13,23H,3-4,11-12H2,1H3,(H2,22,24);1H3,(H,2,3,4). The van der Waals surface area contributed by atoms with Crippen molar-refractivity contribution in [1.82, 2.24) is 5.32 Å². The number of nitrogens with two attached hydrogens (primary N) is 1. The van der Waals surface area contributed by atoms with Gasteiger partial charge in [0.15, 0.2) is 0 Å². The fraction of sp³-hybridized carbons (Fsp3) is 0.350. The van der Waals surface area contributed by atoms with Crippen LogP contribution in [-0.4, -0.2) is 37.8 Å². The molecule has 0 aliphatic heterocycles. The van der Waals surface area contributed by atoms with Crippen molar-refractivity contribution in [3.8, 4) is 5.75 Å². The Morgan fingerprint density at radius 3 is 2.20 bits per heavy atom. The van der Waals surface area contributed by atoms with E-state index in [1.165, 1.54) is 0 Å². The zero-order valence-corrected chi connectivity index (χ0v) is 19.1. The van der Waals surface area contributed by atoms with E-state index in [0.29, 0.717) is 29.5 Å². The first-order valence-corrected chi connectivity index (χ1v) is 11.7. The molecule has 2 aromatic carbocycles. The molecule has 0 aliphatic rings. The van der Waals surface area contributed by atoms with Crippen LogP contribution in [-0.2, 0) is 27.9 Å². The summed E-state index contributed by atoms with van der Waals surface area (Å²) in [5.74, 6) is 0.440. The van der Waals surface area contributed by atoms with Crippen LogP contribution < -0.4 is 15.8 Å². The van der Waals surface area contributed by atoms with Gasteiger partial charge in [0.05, 0.1) is 18.9 Å². The monoisotopic (exact) mass is 476 g/mol. The fourth-order valence-electron chi connectivity index (χ4n) is 2.29. The molecule has 0 saturated carbocycles. The Morgan fingerprint density at radius 1 is 1.17 bits per heavy atom. The lowest BCUT2D eigenvalue weighted by Gasteiger charge is -2.11. The van der Waals surface area contributed by atoms with Gasteiger partial charge in [-0.15, -0.1) is 0 Å². The molecule has 30 heavy (non-hydrogen) atoms. The van der Waals surface area contributed by atoms with Crippen LogP contribution in [0.3, 0.4) is 0 Å². The molecule has 0 aromatic heterocycles. The number of primary amides is 1. The molecular formula is C20H26Cl2N2O5S. The number of carbonyl (C=O) groups is 1. The van der Waals surface area contributed by atoms with Gasteiger partial charge in [0.1, 0.15) is 5.75 Å². The van der Waals surface area contributed by atoms with Gasteiger partial charge in [0.25, 0.3) is 10.1 Å². The molecule has 4 N–H and O–H groups in total. The maximum Gasteiger partial charge on any atom is 0.261 e. The number of rotatable bonds is 9. The summed E-state index contributed by atoms with van der Waals surface area (Å²) in [5, 5.41) is 4.44. The van der Waals surface area contributed by atoms with Crippen LogP contribution in [0.25, 0.3) is 0 Å². The molecule has 10 heteroatoms. The molecule has 0 heterocycles. The Hall–Kier alpha value is -1.84. The van der Waals surface area contributed by atoms with E-state index in [-0.39, 0.29) is 11.9 Å². The number of ether oxygens (including phenoxy) is 1. The number of halogens is 2. The summed E-state index contributed by atoms with van der Waals surface area (Å²) in [5.41, 5.74) is 7.23. The lowest BCUT2D eigenvalue weighted by atomic mass is 10.1. The molecule has 1 atom stereocenters. The van der Waals surface area contributed by atoms with E-state index in [1.807, 2.05) is 42.5 Å². The van der Waals surface area contributed by atoms with E-state index in [9.17, 15) is 13.2 Å². The first kappa shape index (κ1) is 26.2. The van der Waals surface area contributed by atoms with Crippen molar-refractivity contribution >= 4 is 39.2 Å². The second kappa shape index (κ2) is 12.8. The van der Waals surface area contributed by atoms with Gasteiger partial charge in [-0.2, -0.15) is 8.42 Å². The first-order chi connectivity index (χ1) is 14.0. The van der Waals surface area contributed by atoms with E-state index >= 15 is 0 Å². The van der Waals surface area contributed by atoms with Crippen LogP contribution in [0.5, 0.6) is 5.75 Å². The van der Waals surface area contributed by atoms with E-state index < -0.39 is 10.1 Å². The van der Waals surface area contributed by atoms with Crippen molar-refractivity contribution in [2.24, 2.45) is 5.73 Å². The summed E-state index contributed by atoms with van der Waals surface area (Å²) in [6.45, 7) is 2.90. The second-order valence-electron chi connectivity index (χ2n) is 6.53. The largest absolute Gasteiger partial charge is 0.494 e. The maximum absolute atomic E-state index is 11.0. The molecule has 7 nitrogen and oxygen atoms in total. The number of hydrogen-bond donors (Lipinski definition) is 3. The van der Waals surface area contributed by atoms with Gasteiger partial charge < -0.3 is 15.8 Å². The normalized spacial score (nSPS) is 11.9. The lowest BCUT2D eigenvalue weighted by molar-refractivity contribution is -0.119. The van der Waals surface area contributed by atoms with Crippen molar-refractivity contribution in [2.45, 2.75) is 32.4 Å². The molecule has 2 rings (SSSR count). The van der Waals surface area contributed by atoms with Gasteiger partial charge in [-0.05, 0) is 55.2 Å². The summed E-state index contributed by atoms with van der Waals surface area (Å²) in [6.07, 6.45) is 2.31. The van der Waals surface area contributed by atoms with Crippen molar-refractivity contribution in [3.63, 3.8) is 0 Å². The third-order valence-corrected chi connectivity index (χ3v) is 4.57. The second-order valence-corrected chi connectivity index (χ2v) is 8.81. The summed E-state index contributed by atoms with van der Waals surface area (Å²) in [4.78, 5) is 11.0. The Bertz CT molecular complexity index is 893. The molecule has 0 spiro atoms. The molecule has 0 aliphatic carbocycles. The molecule has 0 bridgehead atoms. The number of amides is 1. The summed E-state index contributed by atoms with van der Waals surface area (Å²) < 4.78 is 31.6. The minimum Gasteiger partial charge on any atom is -0.494 e. The third-order valence-electron chi connectivity index (χ3n) is 3.86. The van der Waals surface area contributed by atoms with Gasteiger partial charge >= 0.3 is 0 Å². The van der Waals surface area contributed by atoms with Crippen LogP contribution in [0.4, 0.5) is 0 Å². The highest BCUT2D eigenvalue weighted by Crippen LogP contribution is 2.25. The molecular weight excluding hydrogens is 451 g/mol. The quantitative estimate of drug-likeness (QED) is 0.376. The molecule has 1 amide bonds. The Balaban J connectivity index is 0.000000804. The van der Waals surface area contributed by atoms with Crippen LogP contribution in [0.1, 0.15) is 24.5 Å². The zero-order valence-electron chi connectivity index (χ0n) is 16.8. The zero-order chi connectivity index (χ0) is 22.7. The minimum absolute atomic E-state index is 0.354. The van der Waals surface area contributed by atoms with Crippen LogP contribution in [0.2, 0.25) is 10.0 Å². The van der Waals surface area contributed by atoms with Gasteiger partial charge in [-0.25, -0.2) is 0 Å². The van der Waals surface area contributed by atoms with Crippen molar-refractivity contribution in [1.29, 1.82) is 0 Å². The molecule has 0 fully saturated rings. The highest BCUT2D eigenvalue weighted by Gasteiger charge is 2.07. The Morgan fingerprint density at radius 2 is 1.70 bits per heavy atom. The summed E-state index contributed by atoms with van der Waals surface area (Å²) in [6, 6.07) is 12.9. The fourth-order valence-corrected chi connectivity index (χ4v) is 2.87. The van der Waals surface area contributed by atoms with E-state index in [2.05, 4.69) is 5.32 Å². The van der Waals surface area contributed by atoms with Gasteiger partial charge in [0.2, 0.25) is 5.91 Å². The summed E-state index contributed by atoms with van der Waals surface area (Å²) in [7, 11) is -3.67. The van der Waals surface area contributed by atoms with E-state index in [1.54, 1.807) is 6.92 Å². The van der Waals surface area contributed by atoms with Crippen LogP contribution in [0, 0.1) is 0 Å². The summed E-state index contributed by atoms with van der Waals surface area (Å²) >= 11 is 12.3. The molecule has 0 radical (unpaired) electrons. The number of hydrogen-bond acceptors (Lipinski definition) is 5. The number of carbonyl (C=O) groups excluding carboxylic acids is 1. The van der Waals surface area contributed by atoms with E-state index in [4.69, 9.17) is 38.2 Å². The van der Waals surface area contributed by atoms with Gasteiger partial charge in [-0.3, -0.25) is 9.35 Å². The van der Waals surface area contributed by atoms with Crippen molar-refractivity contribution < 1.29 is 22.5 Å². The predicted molar refractivity (Wildman–Crippen MR) is 120 cm³/mol. The third kappa shape index (κ3) is 11.4. The topological polar surface area (TPSA) is 119 Å². The average Bonchev–Trinajstić information content (AvgIpc) is 2.64. The van der Waals surface area contributed by atoms with Crippen molar-refractivity contribution in [2.75, 3.05) is 12.9 Å². The predicted octanol–water partition coefficient (Wildman–Crippen LogP) is 3.47. The van der Waals surface area contributed by atoms with E-state index in [0.717, 1.165) is 29.7 Å². The average molecular weight is 477 g/mol.